The van der Waals surface area contributed by atoms with E-state index in [1.165, 1.54) is 0 Å². The van der Waals surface area contributed by atoms with Crippen LogP contribution in [0, 0.1) is 0 Å². The Balaban J connectivity index is -0.000000413. The summed E-state index contributed by atoms with van der Waals surface area (Å²) in [7, 11) is -4.42. The van der Waals surface area contributed by atoms with Crippen LogP contribution < -0.4 is 0 Å². The number of rotatable bonds is 4. The Labute approximate surface area is 246 Å². The second-order valence-corrected chi connectivity index (χ2v) is 34.3. The van der Waals surface area contributed by atoms with Gasteiger partial charge in [-0.1, -0.05) is 112 Å². The van der Waals surface area contributed by atoms with E-state index in [2.05, 4.69) is 139 Å². The molecule has 0 N–H and O–H groups in total. The first-order valence-corrected chi connectivity index (χ1v) is 26.9. The first-order chi connectivity index (χ1) is 15.6. The zero-order valence-electron chi connectivity index (χ0n) is 27.5. The first kappa shape index (κ1) is 41.2. The van der Waals surface area contributed by atoms with Gasteiger partial charge in [0.25, 0.3) is 0 Å². The van der Waals surface area contributed by atoms with Crippen molar-refractivity contribution in [2.45, 2.75) is 131 Å². The van der Waals surface area contributed by atoms with Crippen LogP contribution in [0.5, 0.6) is 0 Å². The fourth-order valence-corrected chi connectivity index (χ4v) is 19.4. The van der Waals surface area contributed by atoms with E-state index in [9.17, 15) is 0 Å². The van der Waals surface area contributed by atoms with Crippen LogP contribution in [0.1, 0.15) is 41.5 Å². The number of hydrogen-bond donors (Lipinski definition) is 0. The van der Waals surface area contributed by atoms with E-state index in [-0.39, 0.29) is 28.1 Å². The van der Waals surface area contributed by atoms with E-state index in [0.29, 0.717) is 0 Å². The summed E-state index contributed by atoms with van der Waals surface area (Å²) in [5, 5.41) is 0. The van der Waals surface area contributed by atoms with Crippen LogP contribution in [0.4, 0.5) is 0 Å². The van der Waals surface area contributed by atoms with Crippen LogP contribution >= 0.6 is 0 Å². The van der Waals surface area contributed by atoms with E-state index in [0.717, 1.165) is 0 Å². The van der Waals surface area contributed by atoms with Gasteiger partial charge in [-0.3, -0.25) is 0 Å². The molecule has 6 nitrogen and oxygen atoms in total. The first-order valence-electron chi connectivity index (χ1n) is 13.1. The minimum absolute atomic E-state index is 0. The molecule has 0 spiro atoms. The molecule has 0 saturated heterocycles. The van der Waals surface area contributed by atoms with Crippen LogP contribution in [0.2, 0.25) is 78.6 Å². The maximum absolute atomic E-state index is 4.82. The summed E-state index contributed by atoms with van der Waals surface area (Å²) >= 11 is 0. The van der Waals surface area contributed by atoms with Gasteiger partial charge < -0.3 is 18.4 Å². The molecular weight excluding hydrogens is 565 g/mol. The Hall–Kier alpha value is -0.273. The third-order valence-corrected chi connectivity index (χ3v) is 14.6. The molecule has 2 aromatic heterocycles. The molecule has 0 radical (unpaired) electrons. The van der Waals surface area contributed by atoms with E-state index >= 15 is 0 Å². The van der Waals surface area contributed by atoms with Crippen molar-refractivity contribution < 1.29 is 17.1 Å². The molecule has 0 fully saturated rings. The van der Waals surface area contributed by atoms with Crippen molar-refractivity contribution in [2.24, 2.45) is 0 Å². The van der Waals surface area contributed by atoms with Crippen molar-refractivity contribution in [3.63, 3.8) is 0 Å². The van der Waals surface area contributed by atoms with Gasteiger partial charge in [0.05, 0.1) is 12.7 Å². The largest absolute Gasteiger partial charge is 2.00 e. The van der Waals surface area contributed by atoms with Crippen LogP contribution in [0.3, 0.4) is 0 Å². The second kappa shape index (κ2) is 16.1. The smallest absolute Gasteiger partial charge is 0.668 e. The van der Waals surface area contributed by atoms with Gasteiger partial charge in [0.1, 0.15) is 0 Å². The molecule has 2 heterocycles. The predicted octanol–water partition coefficient (Wildman–Crippen LogP) is 9.33. The molecule has 0 aliphatic carbocycles. The van der Waals surface area contributed by atoms with Gasteiger partial charge in [0.2, 0.25) is 0 Å². The average molecular weight is 625 g/mol. The minimum atomic E-state index is -1.11. The molecule has 0 bridgehead atoms. The van der Waals surface area contributed by atoms with Gasteiger partial charge in [0.15, 0.2) is 0 Å². The van der Waals surface area contributed by atoms with Gasteiger partial charge in [-0.05, 0) is 41.5 Å². The number of hydrogen-bond acceptors (Lipinski definition) is 2. The Morgan fingerprint density at radius 1 is 0.486 bits per heavy atom. The molecule has 0 aliphatic rings. The van der Waals surface area contributed by atoms with E-state index in [4.69, 9.17) is 9.30 Å². The fraction of sp³-hybridized carbons (Fsp3) is 0.769. The minimum Gasteiger partial charge on any atom is -0.668 e. The van der Waals surface area contributed by atoms with Crippen molar-refractivity contribution in [1.29, 1.82) is 0 Å². The Kier molecular flexibility index (Phi) is 17.9. The maximum Gasteiger partial charge on any atom is 2.00 e. The number of imidazole rings is 2. The fourth-order valence-electron chi connectivity index (χ4n) is 3.32. The molecule has 0 saturated carbocycles. The van der Waals surface area contributed by atoms with Crippen molar-refractivity contribution in [3.8, 4) is 0 Å². The van der Waals surface area contributed by atoms with Crippen LogP contribution in [0.25, 0.3) is 9.30 Å². The monoisotopic (exact) mass is 624 g/mol. The quantitative estimate of drug-likeness (QED) is 0.318. The molecule has 2 aromatic rings. The summed E-state index contributed by atoms with van der Waals surface area (Å²) < 4.78 is 13.8. The molecule has 0 aromatic carbocycles. The zero-order valence-corrected chi connectivity index (χ0v) is 32.6. The maximum atomic E-state index is 4.82. The van der Waals surface area contributed by atoms with Gasteiger partial charge in [0, 0.05) is 35.9 Å². The second-order valence-electron chi connectivity index (χ2n) is 15.2. The summed E-state index contributed by atoms with van der Waals surface area (Å²) in [6.45, 7) is 40.4. The standard InChI is InChI=1S/2C7H12N2.2C6H18NSi2.Fe/c2*1-7(2,3)9-5-4-8-6-9;2*1-8(2,3)7-9(4,5)6;/h2*4-6H,1-3H3;2*1-6H3;/q;;2*-1;+2. The van der Waals surface area contributed by atoms with Crippen molar-refractivity contribution in [3.05, 3.63) is 46.7 Å². The van der Waals surface area contributed by atoms with Crippen molar-refractivity contribution in [2.75, 3.05) is 0 Å². The van der Waals surface area contributed by atoms with E-state index in [1.54, 1.807) is 12.4 Å². The van der Waals surface area contributed by atoms with Crippen molar-refractivity contribution in [1.82, 2.24) is 19.1 Å². The Morgan fingerprint density at radius 3 is 0.757 bits per heavy atom. The Bertz CT molecular complexity index is 706. The third kappa shape index (κ3) is 28.6. The molecule has 0 aliphatic heterocycles. The summed E-state index contributed by atoms with van der Waals surface area (Å²) in [6, 6.07) is 0. The van der Waals surface area contributed by atoms with Gasteiger partial charge >= 0.3 is 17.1 Å². The molecule has 37 heavy (non-hydrogen) atoms. The van der Waals surface area contributed by atoms with E-state index in [1.807, 2.05) is 25.0 Å². The van der Waals surface area contributed by atoms with Crippen LogP contribution in [-0.4, -0.2) is 52.0 Å². The van der Waals surface area contributed by atoms with Crippen molar-refractivity contribution >= 4 is 32.9 Å². The number of aromatic nitrogens is 4. The molecule has 0 amide bonds. The summed E-state index contributed by atoms with van der Waals surface area (Å²) in [4.78, 5) is 7.90. The van der Waals surface area contributed by atoms with Gasteiger partial charge in [-0.2, -0.15) is 0 Å². The molecule has 0 unspecified atom stereocenters. The van der Waals surface area contributed by atoms with Gasteiger partial charge in [-0.25, -0.2) is 9.97 Å². The topological polar surface area (TPSA) is 63.8 Å². The molecule has 0 atom stereocenters. The van der Waals surface area contributed by atoms with E-state index < -0.39 is 32.9 Å². The summed E-state index contributed by atoms with van der Waals surface area (Å²) in [6.07, 6.45) is 11.2. The number of nitrogens with zero attached hydrogens (tertiary/aromatic N) is 6. The normalized spacial score (nSPS) is 12.6. The zero-order chi connectivity index (χ0) is 29.2. The molecule has 2 rings (SSSR count). The van der Waals surface area contributed by atoms with Crippen LogP contribution in [0.15, 0.2) is 37.4 Å². The molecular formula is C26H60FeN6Si4. The SMILES string of the molecule is CC(C)(C)n1ccnc1.CC(C)(C)n1ccnc1.C[Si](C)(C)[N-][Si](C)(C)C.C[Si](C)(C)[N-][Si](C)(C)C.[Fe+2]. The van der Waals surface area contributed by atoms with Gasteiger partial charge in [-0.15, -0.1) is 0 Å². The average Bonchev–Trinajstić information content (AvgIpc) is 3.23. The Morgan fingerprint density at radius 2 is 0.703 bits per heavy atom. The van der Waals surface area contributed by atoms with Crippen LogP contribution in [-0.2, 0) is 28.1 Å². The molecule has 11 heteroatoms. The summed E-state index contributed by atoms with van der Waals surface area (Å²) in [5.74, 6) is 0. The summed E-state index contributed by atoms with van der Waals surface area (Å²) in [5.41, 5.74) is 0.354. The third-order valence-electron chi connectivity index (χ3n) is 3.90. The molecule has 218 valence electrons. The predicted molar refractivity (Wildman–Crippen MR) is 175 cm³/mol.